The van der Waals surface area contributed by atoms with Gasteiger partial charge in [-0.2, -0.15) is 13.2 Å². The van der Waals surface area contributed by atoms with Crippen LogP contribution >= 0.6 is 27.5 Å². The first-order chi connectivity index (χ1) is 8.41. The number of halogens is 5. The molecule has 0 spiro atoms. The summed E-state index contributed by atoms with van der Waals surface area (Å²) in [5, 5.41) is 7.34. The smallest absolute Gasteiger partial charge is 0.216 e. The Labute approximate surface area is 114 Å². The van der Waals surface area contributed by atoms with Gasteiger partial charge in [-0.1, -0.05) is 21.1 Å². The summed E-state index contributed by atoms with van der Waals surface area (Å²) in [4.78, 5) is 0. The van der Waals surface area contributed by atoms with Crippen molar-refractivity contribution in [3.05, 3.63) is 40.1 Å². The molecule has 1 heterocycles. The van der Waals surface area contributed by atoms with Crippen LogP contribution in [0.2, 0.25) is 0 Å². The van der Waals surface area contributed by atoms with E-state index in [-0.39, 0.29) is 11.6 Å². The largest absolute Gasteiger partial charge is 0.416 e. The maximum absolute atomic E-state index is 12.7. The summed E-state index contributed by atoms with van der Waals surface area (Å²) < 4.78 is 39.6. The van der Waals surface area contributed by atoms with Crippen molar-refractivity contribution in [3.63, 3.8) is 0 Å². The minimum absolute atomic E-state index is 0.112. The van der Waals surface area contributed by atoms with E-state index >= 15 is 0 Å². The predicted molar refractivity (Wildman–Crippen MR) is 63.6 cm³/mol. The van der Waals surface area contributed by atoms with Gasteiger partial charge in [0.25, 0.3) is 0 Å². The molecule has 96 valence electrons. The Morgan fingerprint density at radius 2 is 2.00 bits per heavy atom. The van der Waals surface area contributed by atoms with Crippen molar-refractivity contribution in [1.82, 2.24) is 15.0 Å². The lowest BCUT2D eigenvalue weighted by molar-refractivity contribution is -0.137. The van der Waals surface area contributed by atoms with E-state index in [0.29, 0.717) is 10.2 Å². The molecule has 0 aliphatic carbocycles. The lowest BCUT2D eigenvalue weighted by Crippen LogP contribution is -2.08. The Morgan fingerprint density at radius 3 is 2.61 bits per heavy atom. The standard InChI is InChI=1S/C10H6BrClF3N3/c11-7-1-6(10(13,14)15)2-8(3-7)18-9(4-12)5-16-17-18/h1-3,5H,4H2. The SMILES string of the molecule is FC(F)(F)c1cc(Br)cc(-n2nncc2CCl)c1. The zero-order valence-corrected chi connectivity index (χ0v) is 11.1. The summed E-state index contributed by atoms with van der Waals surface area (Å²) in [6.07, 6.45) is -3.01. The van der Waals surface area contributed by atoms with Gasteiger partial charge in [-0.15, -0.1) is 16.7 Å². The molecule has 0 atom stereocenters. The zero-order chi connectivity index (χ0) is 13.3. The molecule has 0 amide bonds. The fraction of sp³-hybridized carbons (Fsp3) is 0.200. The maximum Gasteiger partial charge on any atom is 0.416 e. The summed E-state index contributed by atoms with van der Waals surface area (Å²) in [6.45, 7) is 0. The molecule has 8 heteroatoms. The van der Waals surface area contributed by atoms with Gasteiger partial charge in [0.2, 0.25) is 0 Å². The fourth-order valence-corrected chi connectivity index (χ4v) is 2.09. The average Bonchev–Trinajstić information content (AvgIpc) is 2.74. The second kappa shape index (κ2) is 4.89. The second-order valence-electron chi connectivity index (χ2n) is 3.47. The third kappa shape index (κ3) is 2.67. The van der Waals surface area contributed by atoms with Crippen molar-refractivity contribution < 1.29 is 13.2 Å². The van der Waals surface area contributed by atoms with Gasteiger partial charge in [0, 0.05) is 4.47 Å². The van der Waals surface area contributed by atoms with Gasteiger partial charge in [0.05, 0.1) is 29.0 Å². The first kappa shape index (κ1) is 13.4. The van der Waals surface area contributed by atoms with E-state index in [1.54, 1.807) is 0 Å². The Morgan fingerprint density at radius 1 is 1.28 bits per heavy atom. The highest BCUT2D eigenvalue weighted by atomic mass is 79.9. The number of aromatic nitrogens is 3. The van der Waals surface area contributed by atoms with Crippen molar-refractivity contribution in [2.45, 2.75) is 12.1 Å². The number of benzene rings is 1. The van der Waals surface area contributed by atoms with E-state index in [1.165, 1.54) is 16.9 Å². The Bertz CT molecular complexity index is 568. The van der Waals surface area contributed by atoms with E-state index in [2.05, 4.69) is 26.2 Å². The maximum atomic E-state index is 12.7. The predicted octanol–water partition coefficient (Wildman–Crippen LogP) is 3.79. The third-order valence-electron chi connectivity index (χ3n) is 2.21. The van der Waals surface area contributed by atoms with Crippen molar-refractivity contribution in [1.29, 1.82) is 0 Å². The fourth-order valence-electron chi connectivity index (χ4n) is 1.42. The molecule has 2 aromatic rings. The highest BCUT2D eigenvalue weighted by Gasteiger charge is 2.31. The van der Waals surface area contributed by atoms with Gasteiger partial charge in [0.1, 0.15) is 0 Å². The van der Waals surface area contributed by atoms with Crippen LogP contribution < -0.4 is 0 Å². The molecule has 0 aliphatic rings. The molecule has 18 heavy (non-hydrogen) atoms. The van der Waals surface area contributed by atoms with E-state index in [1.807, 2.05) is 0 Å². The summed E-state index contributed by atoms with van der Waals surface area (Å²) >= 11 is 8.70. The number of nitrogens with zero attached hydrogens (tertiary/aromatic N) is 3. The lowest BCUT2D eigenvalue weighted by Gasteiger charge is -2.10. The summed E-state index contributed by atoms with van der Waals surface area (Å²) in [5.74, 6) is 0.112. The van der Waals surface area contributed by atoms with Crippen LogP contribution in [0.25, 0.3) is 5.69 Å². The van der Waals surface area contributed by atoms with E-state index in [0.717, 1.165) is 12.1 Å². The van der Waals surface area contributed by atoms with Crippen LogP contribution in [0.1, 0.15) is 11.3 Å². The third-order valence-corrected chi connectivity index (χ3v) is 2.94. The molecule has 0 saturated carbocycles. The second-order valence-corrected chi connectivity index (χ2v) is 4.65. The summed E-state index contributed by atoms with van der Waals surface area (Å²) in [7, 11) is 0. The molecule has 1 aromatic carbocycles. The van der Waals surface area contributed by atoms with E-state index < -0.39 is 11.7 Å². The van der Waals surface area contributed by atoms with Crippen molar-refractivity contribution >= 4 is 27.5 Å². The monoisotopic (exact) mass is 339 g/mol. The molecule has 0 saturated heterocycles. The number of rotatable bonds is 2. The van der Waals surface area contributed by atoms with Crippen LogP contribution in [-0.4, -0.2) is 15.0 Å². The molecule has 1 aromatic heterocycles. The summed E-state index contributed by atoms with van der Waals surface area (Å²) in [6, 6.07) is 3.51. The molecule has 0 aliphatic heterocycles. The molecule has 0 bridgehead atoms. The van der Waals surface area contributed by atoms with Crippen LogP contribution in [0, 0.1) is 0 Å². The van der Waals surface area contributed by atoms with Crippen molar-refractivity contribution in [2.24, 2.45) is 0 Å². The molecule has 0 N–H and O–H groups in total. The van der Waals surface area contributed by atoms with Crippen LogP contribution in [0.4, 0.5) is 13.2 Å². The Hall–Kier alpha value is -1.08. The highest BCUT2D eigenvalue weighted by Crippen LogP contribution is 2.33. The van der Waals surface area contributed by atoms with Crippen molar-refractivity contribution in [3.8, 4) is 5.69 Å². The van der Waals surface area contributed by atoms with Gasteiger partial charge < -0.3 is 0 Å². The highest BCUT2D eigenvalue weighted by molar-refractivity contribution is 9.10. The zero-order valence-electron chi connectivity index (χ0n) is 8.75. The van der Waals surface area contributed by atoms with Gasteiger partial charge >= 0.3 is 6.18 Å². The van der Waals surface area contributed by atoms with Gasteiger partial charge in [0.15, 0.2) is 0 Å². The van der Waals surface area contributed by atoms with Crippen LogP contribution in [0.3, 0.4) is 0 Å². The van der Waals surface area contributed by atoms with Gasteiger partial charge in [-0.3, -0.25) is 0 Å². The molecule has 2 rings (SSSR count). The Balaban J connectivity index is 2.56. The van der Waals surface area contributed by atoms with E-state index in [4.69, 9.17) is 11.6 Å². The Kier molecular flexibility index (Phi) is 3.63. The van der Waals surface area contributed by atoms with Crippen molar-refractivity contribution in [2.75, 3.05) is 0 Å². The molecular formula is C10H6BrClF3N3. The molecular weight excluding hydrogens is 334 g/mol. The molecule has 0 radical (unpaired) electrons. The quantitative estimate of drug-likeness (QED) is 0.779. The topological polar surface area (TPSA) is 30.7 Å². The molecule has 0 fully saturated rings. The van der Waals surface area contributed by atoms with Gasteiger partial charge in [-0.25, -0.2) is 4.68 Å². The lowest BCUT2D eigenvalue weighted by atomic mass is 10.2. The van der Waals surface area contributed by atoms with Crippen LogP contribution in [0.5, 0.6) is 0 Å². The summed E-state index contributed by atoms with van der Waals surface area (Å²) in [5.41, 5.74) is 0.00985. The average molecular weight is 341 g/mol. The number of hydrogen-bond donors (Lipinski definition) is 0. The molecule has 0 unspecified atom stereocenters. The normalized spacial score (nSPS) is 11.8. The first-order valence-electron chi connectivity index (χ1n) is 4.75. The molecule has 3 nitrogen and oxygen atoms in total. The van der Waals surface area contributed by atoms with Crippen LogP contribution in [-0.2, 0) is 12.1 Å². The minimum Gasteiger partial charge on any atom is -0.216 e. The van der Waals surface area contributed by atoms with Gasteiger partial charge in [-0.05, 0) is 18.2 Å². The first-order valence-corrected chi connectivity index (χ1v) is 6.08. The van der Waals surface area contributed by atoms with E-state index in [9.17, 15) is 13.2 Å². The minimum atomic E-state index is -4.42. The number of hydrogen-bond acceptors (Lipinski definition) is 2. The number of alkyl halides is 4. The van der Waals surface area contributed by atoms with Crippen LogP contribution in [0.15, 0.2) is 28.9 Å².